The largest absolute Gasteiger partial charge is 0.485 e. The number of benzene rings is 1. The van der Waals surface area contributed by atoms with Crippen molar-refractivity contribution in [3.8, 4) is 5.75 Å². The molecule has 0 saturated carbocycles. The number of halogens is 1. The first-order valence-corrected chi connectivity index (χ1v) is 5.64. The molecule has 2 rings (SSSR count). The van der Waals surface area contributed by atoms with E-state index in [0.29, 0.717) is 11.3 Å². The van der Waals surface area contributed by atoms with Gasteiger partial charge in [0.25, 0.3) is 0 Å². The molecule has 0 spiro atoms. The number of aliphatic hydroxyl groups is 1. The van der Waals surface area contributed by atoms with Crippen molar-refractivity contribution < 1.29 is 14.2 Å². The normalized spacial score (nSPS) is 12.4. The van der Waals surface area contributed by atoms with Crippen LogP contribution >= 0.6 is 0 Å². The molecule has 0 unspecified atom stereocenters. The lowest BCUT2D eigenvalue weighted by atomic mass is 10.1. The van der Waals surface area contributed by atoms with Crippen molar-refractivity contribution in [3.63, 3.8) is 0 Å². The molecule has 0 aliphatic heterocycles. The highest BCUT2D eigenvalue weighted by Crippen LogP contribution is 2.26. The van der Waals surface area contributed by atoms with Crippen molar-refractivity contribution in [1.82, 2.24) is 9.55 Å². The van der Waals surface area contributed by atoms with Crippen molar-refractivity contribution >= 4 is 0 Å². The van der Waals surface area contributed by atoms with Crippen molar-refractivity contribution in [3.05, 3.63) is 47.8 Å². The third kappa shape index (κ3) is 2.68. The Morgan fingerprint density at radius 2 is 2.28 bits per heavy atom. The lowest BCUT2D eigenvalue weighted by Crippen LogP contribution is -2.05. The molecule has 5 heteroatoms. The number of imidazole rings is 1. The van der Waals surface area contributed by atoms with Gasteiger partial charge in [0, 0.05) is 31.1 Å². The van der Waals surface area contributed by atoms with Crippen LogP contribution in [0.15, 0.2) is 30.6 Å². The molecule has 1 atom stereocenters. The second-order valence-electron chi connectivity index (χ2n) is 4.10. The molecular formula is C13H15FN2O2. The lowest BCUT2D eigenvalue weighted by Gasteiger charge is -2.13. The van der Waals surface area contributed by atoms with Gasteiger partial charge in [0.1, 0.15) is 24.0 Å². The van der Waals surface area contributed by atoms with Gasteiger partial charge in [-0.3, -0.25) is 0 Å². The van der Waals surface area contributed by atoms with Crippen LogP contribution in [-0.4, -0.2) is 14.7 Å². The van der Waals surface area contributed by atoms with Crippen molar-refractivity contribution in [2.45, 2.75) is 19.6 Å². The molecule has 0 aliphatic carbocycles. The third-order valence-corrected chi connectivity index (χ3v) is 2.70. The van der Waals surface area contributed by atoms with Gasteiger partial charge in [-0.15, -0.1) is 0 Å². The van der Waals surface area contributed by atoms with Crippen LogP contribution < -0.4 is 4.74 Å². The number of aliphatic hydroxyl groups excluding tert-OH is 1. The number of rotatable bonds is 4. The zero-order valence-corrected chi connectivity index (χ0v) is 10.3. The van der Waals surface area contributed by atoms with Crippen molar-refractivity contribution in [2.75, 3.05) is 0 Å². The molecule has 0 amide bonds. The average molecular weight is 250 g/mol. The molecule has 4 nitrogen and oxygen atoms in total. The molecule has 0 radical (unpaired) electrons. The fourth-order valence-electron chi connectivity index (χ4n) is 1.66. The van der Waals surface area contributed by atoms with Gasteiger partial charge in [-0.25, -0.2) is 9.37 Å². The Balaban J connectivity index is 2.18. The molecule has 1 aromatic carbocycles. The van der Waals surface area contributed by atoms with Crippen LogP contribution in [0.25, 0.3) is 0 Å². The standard InChI is InChI=1S/C13H15FN2O2/c1-9(17)11-4-3-10(14)7-12(11)18-8-13-15-5-6-16(13)2/h3-7,9,17H,8H2,1-2H3/t9-/m0/s1. The Bertz CT molecular complexity index is 538. The van der Waals surface area contributed by atoms with E-state index in [0.717, 1.165) is 5.82 Å². The average Bonchev–Trinajstić information content (AvgIpc) is 2.72. The highest BCUT2D eigenvalue weighted by atomic mass is 19.1. The summed E-state index contributed by atoms with van der Waals surface area (Å²) in [5, 5.41) is 9.58. The monoisotopic (exact) mass is 250 g/mol. The Morgan fingerprint density at radius 3 is 2.89 bits per heavy atom. The number of hydrogen-bond donors (Lipinski definition) is 1. The van der Waals surface area contributed by atoms with E-state index >= 15 is 0 Å². The summed E-state index contributed by atoms with van der Waals surface area (Å²) in [7, 11) is 1.85. The topological polar surface area (TPSA) is 47.3 Å². The summed E-state index contributed by atoms with van der Waals surface area (Å²) in [6.45, 7) is 1.84. The lowest BCUT2D eigenvalue weighted by molar-refractivity contribution is 0.189. The Hall–Kier alpha value is -1.88. The summed E-state index contributed by atoms with van der Waals surface area (Å²) < 4.78 is 20.5. The van der Waals surface area contributed by atoms with Gasteiger partial charge in [0.2, 0.25) is 0 Å². The molecule has 1 N–H and O–H groups in total. The number of hydrogen-bond acceptors (Lipinski definition) is 3. The summed E-state index contributed by atoms with van der Waals surface area (Å²) in [5.41, 5.74) is 0.561. The minimum absolute atomic E-state index is 0.229. The number of aryl methyl sites for hydroxylation is 1. The predicted molar refractivity (Wildman–Crippen MR) is 64.6 cm³/mol. The molecule has 96 valence electrons. The molecule has 1 heterocycles. The van der Waals surface area contributed by atoms with E-state index in [9.17, 15) is 9.50 Å². The van der Waals surface area contributed by atoms with E-state index in [2.05, 4.69) is 4.98 Å². The number of aromatic nitrogens is 2. The van der Waals surface area contributed by atoms with E-state index < -0.39 is 11.9 Å². The molecular weight excluding hydrogens is 235 g/mol. The fourth-order valence-corrected chi connectivity index (χ4v) is 1.66. The highest BCUT2D eigenvalue weighted by Gasteiger charge is 2.11. The van der Waals surface area contributed by atoms with Crippen molar-refractivity contribution in [2.24, 2.45) is 7.05 Å². The van der Waals surface area contributed by atoms with Crippen LogP contribution in [0.3, 0.4) is 0 Å². The fraction of sp³-hybridized carbons (Fsp3) is 0.308. The molecule has 0 fully saturated rings. The summed E-state index contributed by atoms with van der Waals surface area (Å²) in [6, 6.07) is 4.09. The quantitative estimate of drug-likeness (QED) is 0.904. The number of ether oxygens (including phenoxy) is 1. The van der Waals surface area contributed by atoms with Crippen LogP contribution in [0.4, 0.5) is 4.39 Å². The van der Waals surface area contributed by atoms with E-state index in [1.165, 1.54) is 18.2 Å². The first-order chi connectivity index (χ1) is 8.58. The van der Waals surface area contributed by atoms with Crippen molar-refractivity contribution in [1.29, 1.82) is 0 Å². The van der Waals surface area contributed by atoms with Gasteiger partial charge < -0.3 is 14.4 Å². The van der Waals surface area contributed by atoms with E-state index in [1.807, 2.05) is 11.6 Å². The number of nitrogens with zero attached hydrogens (tertiary/aromatic N) is 2. The zero-order chi connectivity index (χ0) is 13.1. The maximum absolute atomic E-state index is 13.2. The minimum atomic E-state index is -0.707. The predicted octanol–water partition coefficient (Wildman–Crippen LogP) is 2.19. The maximum Gasteiger partial charge on any atom is 0.146 e. The van der Waals surface area contributed by atoms with Crippen LogP contribution in [0.2, 0.25) is 0 Å². The minimum Gasteiger partial charge on any atom is -0.485 e. The SMILES string of the molecule is C[C@H](O)c1ccc(F)cc1OCc1nccn1C. The summed E-state index contributed by atoms with van der Waals surface area (Å²) in [5.74, 6) is 0.679. The molecule has 18 heavy (non-hydrogen) atoms. The first-order valence-electron chi connectivity index (χ1n) is 5.64. The van der Waals surface area contributed by atoms with Gasteiger partial charge in [0.15, 0.2) is 0 Å². The highest BCUT2D eigenvalue weighted by molar-refractivity contribution is 5.35. The van der Waals surface area contributed by atoms with Gasteiger partial charge in [-0.2, -0.15) is 0 Å². The molecule has 0 aliphatic rings. The molecule has 0 saturated heterocycles. The Labute approximate surface area is 105 Å². The van der Waals surface area contributed by atoms with E-state index in [-0.39, 0.29) is 6.61 Å². The van der Waals surface area contributed by atoms with E-state index in [4.69, 9.17) is 4.74 Å². The van der Waals surface area contributed by atoms with Crippen LogP contribution in [0, 0.1) is 5.82 Å². The summed E-state index contributed by atoms with van der Waals surface area (Å²) in [4.78, 5) is 4.11. The molecule has 2 aromatic rings. The van der Waals surface area contributed by atoms with Gasteiger partial charge in [-0.1, -0.05) is 0 Å². The molecule has 0 bridgehead atoms. The first kappa shape index (κ1) is 12.6. The second kappa shape index (κ2) is 5.18. The van der Waals surface area contributed by atoms with Crippen LogP contribution in [0.1, 0.15) is 24.4 Å². The Morgan fingerprint density at radius 1 is 1.50 bits per heavy atom. The van der Waals surface area contributed by atoms with Gasteiger partial charge >= 0.3 is 0 Å². The Kier molecular flexibility index (Phi) is 3.62. The third-order valence-electron chi connectivity index (χ3n) is 2.70. The van der Waals surface area contributed by atoms with Crippen LogP contribution in [0.5, 0.6) is 5.75 Å². The van der Waals surface area contributed by atoms with Crippen LogP contribution in [-0.2, 0) is 13.7 Å². The smallest absolute Gasteiger partial charge is 0.146 e. The maximum atomic E-state index is 13.2. The second-order valence-corrected chi connectivity index (χ2v) is 4.10. The van der Waals surface area contributed by atoms with Gasteiger partial charge in [0.05, 0.1) is 6.10 Å². The zero-order valence-electron chi connectivity index (χ0n) is 10.3. The van der Waals surface area contributed by atoms with E-state index in [1.54, 1.807) is 19.3 Å². The summed E-state index contributed by atoms with van der Waals surface area (Å²) >= 11 is 0. The van der Waals surface area contributed by atoms with Gasteiger partial charge in [-0.05, 0) is 19.1 Å². The molecule has 1 aromatic heterocycles. The summed E-state index contributed by atoms with van der Waals surface area (Å²) in [6.07, 6.45) is 2.77.